The Bertz CT molecular complexity index is 626. The third-order valence-electron chi connectivity index (χ3n) is 5.00. The van der Waals surface area contributed by atoms with Gasteiger partial charge < -0.3 is 15.0 Å². The van der Waals surface area contributed by atoms with Gasteiger partial charge in [-0.1, -0.05) is 12.1 Å². The summed E-state index contributed by atoms with van der Waals surface area (Å²) < 4.78 is 5.36. The summed E-state index contributed by atoms with van der Waals surface area (Å²) in [6.45, 7) is 9.56. The second-order valence-corrected chi connectivity index (χ2v) is 8.27. The molecule has 1 atom stereocenters. The van der Waals surface area contributed by atoms with Gasteiger partial charge in [-0.2, -0.15) is 0 Å². The van der Waals surface area contributed by atoms with Crippen molar-refractivity contribution in [1.29, 1.82) is 0 Å². The fourth-order valence-electron chi connectivity index (χ4n) is 3.79. The van der Waals surface area contributed by atoms with Crippen molar-refractivity contribution in [3.05, 3.63) is 18.2 Å². The van der Waals surface area contributed by atoms with E-state index >= 15 is 0 Å². The summed E-state index contributed by atoms with van der Waals surface area (Å²) >= 11 is 0. The van der Waals surface area contributed by atoms with Crippen LogP contribution >= 0.6 is 0 Å². The van der Waals surface area contributed by atoms with Crippen molar-refractivity contribution in [3.8, 4) is 0 Å². The Hall–Kier alpha value is -1.76. The molecule has 2 radical (unpaired) electrons. The highest BCUT2D eigenvalue weighted by molar-refractivity contribution is 6.30. The highest BCUT2D eigenvalue weighted by Gasteiger charge is 2.32. The fraction of sp³-hybridized carbons (Fsp3) is 0.684. The fourth-order valence-corrected chi connectivity index (χ4v) is 3.79. The van der Waals surface area contributed by atoms with Gasteiger partial charge in [0.05, 0.1) is 0 Å². The van der Waals surface area contributed by atoms with Crippen LogP contribution in [0.1, 0.15) is 40.0 Å². The van der Waals surface area contributed by atoms with Crippen LogP contribution in [0.5, 0.6) is 0 Å². The van der Waals surface area contributed by atoms with Crippen molar-refractivity contribution >= 4 is 25.4 Å². The number of aromatic nitrogens is 1. The van der Waals surface area contributed by atoms with E-state index in [1.54, 1.807) is 0 Å². The van der Waals surface area contributed by atoms with Crippen molar-refractivity contribution in [2.75, 3.05) is 31.1 Å². The monoisotopic (exact) mass is 356 g/mol. The average molecular weight is 356 g/mol. The normalized spacial score (nSPS) is 22.4. The number of likely N-dealkylation sites (tertiary alicyclic amines) is 1. The predicted molar refractivity (Wildman–Crippen MR) is 104 cm³/mol. The number of nitrogens with one attached hydrogen (secondary N) is 1. The first-order chi connectivity index (χ1) is 12.3. The van der Waals surface area contributed by atoms with Crippen LogP contribution in [0.2, 0.25) is 0 Å². The minimum atomic E-state index is -0.454. The summed E-state index contributed by atoms with van der Waals surface area (Å²) in [5.41, 5.74) is 0.115. The quantitative estimate of drug-likeness (QED) is 0.831. The largest absolute Gasteiger partial charge is 0.444 e. The van der Waals surface area contributed by atoms with E-state index in [0.717, 1.165) is 51.3 Å². The Balaban J connectivity index is 1.45. The van der Waals surface area contributed by atoms with Gasteiger partial charge in [0.25, 0.3) is 0 Å². The Morgan fingerprint density at radius 2 is 1.96 bits per heavy atom. The number of nitrogens with zero attached hydrogens (tertiary/aromatic N) is 3. The average Bonchev–Trinajstić information content (AvgIpc) is 3.01. The van der Waals surface area contributed by atoms with E-state index in [1.807, 2.05) is 39.0 Å². The zero-order chi connectivity index (χ0) is 18.7. The maximum absolute atomic E-state index is 11.9. The van der Waals surface area contributed by atoms with Gasteiger partial charge in [-0.25, -0.2) is 9.78 Å². The number of carbonyl (C=O) groups is 1. The molecule has 7 heteroatoms. The van der Waals surface area contributed by atoms with Crippen LogP contribution in [0.25, 0.3) is 0 Å². The van der Waals surface area contributed by atoms with Crippen LogP contribution in [0, 0.1) is 0 Å². The van der Waals surface area contributed by atoms with Crippen LogP contribution < -0.4 is 15.8 Å². The van der Waals surface area contributed by atoms with Crippen molar-refractivity contribution in [1.82, 2.24) is 15.2 Å². The van der Waals surface area contributed by atoms with E-state index in [0.29, 0.717) is 11.6 Å². The van der Waals surface area contributed by atoms with E-state index in [-0.39, 0.29) is 12.1 Å². The lowest BCUT2D eigenvalue weighted by Crippen LogP contribution is -2.46. The first-order valence-corrected chi connectivity index (χ1v) is 9.51. The van der Waals surface area contributed by atoms with Gasteiger partial charge in [0.2, 0.25) is 0 Å². The maximum atomic E-state index is 11.9. The molecule has 3 heterocycles. The molecule has 2 fully saturated rings. The van der Waals surface area contributed by atoms with Crippen molar-refractivity contribution in [2.45, 2.75) is 57.7 Å². The predicted octanol–water partition coefficient (Wildman–Crippen LogP) is 1.44. The molecular weight excluding hydrogens is 327 g/mol. The van der Waals surface area contributed by atoms with E-state index in [4.69, 9.17) is 12.6 Å². The molecule has 2 aliphatic heterocycles. The number of hydrogen-bond acceptors (Lipinski definition) is 5. The first-order valence-electron chi connectivity index (χ1n) is 9.51. The molecule has 1 amide bonds. The second-order valence-electron chi connectivity index (χ2n) is 8.27. The van der Waals surface area contributed by atoms with Crippen LogP contribution in [0.3, 0.4) is 0 Å². The highest BCUT2D eigenvalue weighted by Crippen LogP contribution is 2.24. The molecule has 0 aromatic carbocycles. The number of alkyl carbamates (subject to hydrolysis) is 1. The summed E-state index contributed by atoms with van der Waals surface area (Å²) in [7, 11) is 5.79. The molecule has 26 heavy (non-hydrogen) atoms. The van der Waals surface area contributed by atoms with Crippen LogP contribution in [0.4, 0.5) is 10.6 Å². The van der Waals surface area contributed by atoms with Gasteiger partial charge >= 0.3 is 6.09 Å². The lowest BCUT2D eigenvalue weighted by atomic mass is 10.0. The summed E-state index contributed by atoms with van der Waals surface area (Å²) in [6, 6.07) is 6.54. The first kappa shape index (κ1) is 19.0. The summed E-state index contributed by atoms with van der Waals surface area (Å²) in [5, 5.41) is 3.01. The smallest absolute Gasteiger partial charge is 0.407 e. The molecule has 6 nitrogen and oxygen atoms in total. The van der Waals surface area contributed by atoms with Crippen molar-refractivity contribution in [2.24, 2.45) is 0 Å². The lowest BCUT2D eigenvalue weighted by Gasteiger charge is -2.37. The molecule has 1 unspecified atom stereocenters. The van der Waals surface area contributed by atoms with Crippen molar-refractivity contribution < 1.29 is 9.53 Å². The molecule has 0 bridgehead atoms. The van der Waals surface area contributed by atoms with E-state index in [1.165, 1.54) is 0 Å². The van der Waals surface area contributed by atoms with Gasteiger partial charge in [-0.3, -0.25) is 4.90 Å². The molecule has 3 rings (SSSR count). The summed E-state index contributed by atoms with van der Waals surface area (Å²) in [4.78, 5) is 21.2. The van der Waals surface area contributed by atoms with Crippen molar-refractivity contribution in [3.63, 3.8) is 0 Å². The van der Waals surface area contributed by atoms with E-state index in [2.05, 4.69) is 20.1 Å². The lowest BCUT2D eigenvalue weighted by molar-refractivity contribution is 0.0504. The van der Waals surface area contributed by atoms with Gasteiger partial charge in [-0.05, 0) is 51.7 Å². The van der Waals surface area contributed by atoms with E-state index in [9.17, 15) is 4.79 Å². The van der Waals surface area contributed by atoms with E-state index < -0.39 is 5.60 Å². The van der Waals surface area contributed by atoms with Crippen LogP contribution in [-0.2, 0) is 4.74 Å². The summed E-state index contributed by atoms with van der Waals surface area (Å²) in [6.07, 6.45) is 2.88. The number of rotatable bonds is 3. The molecule has 1 aromatic heterocycles. The standard InChI is InChI=1S/C19H29BN4O2/c1-19(2,3)26-18(25)21-14-7-10-24(13-14)15-8-11-23(12-9-15)17-6-4-5-16(20)22-17/h4-6,14-15H,7-13H2,1-3H3,(H,21,25). The number of hydrogen-bond donors (Lipinski definition) is 1. The molecule has 140 valence electrons. The molecule has 1 aromatic rings. The Morgan fingerprint density at radius 1 is 1.23 bits per heavy atom. The minimum Gasteiger partial charge on any atom is -0.444 e. The zero-order valence-corrected chi connectivity index (χ0v) is 16.1. The van der Waals surface area contributed by atoms with Gasteiger partial charge in [0, 0.05) is 38.3 Å². The molecule has 1 N–H and O–H groups in total. The van der Waals surface area contributed by atoms with Crippen LogP contribution in [0.15, 0.2) is 18.2 Å². The van der Waals surface area contributed by atoms with Gasteiger partial charge in [0.15, 0.2) is 0 Å². The zero-order valence-electron chi connectivity index (χ0n) is 16.1. The topological polar surface area (TPSA) is 57.7 Å². The van der Waals surface area contributed by atoms with Gasteiger partial charge in [-0.15, -0.1) is 0 Å². The Morgan fingerprint density at radius 3 is 2.62 bits per heavy atom. The molecule has 2 saturated heterocycles. The number of carbonyl (C=O) groups excluding carboxylic acids is 1. The Labute approximate surface area is 157 Å². The number of anilines is 1. The third kappa shape index (κ3) is 5.13. The molecule has 2 aliphatic rings. The number of pyridine rings is 1. The highest BCUT2D eigenvalue weighted by atomic mass is 16.6. The number of piperidine rings is 1. The number of amides is 1. The minimum absolute atomic E-state index is 0.179. The van der Waals surface area contributed by atoms with Gasteiger partial charge in [0.1, 0.15) is 19.3 Å². The molecule has 0 spiro atoms. The summed E-state index contributed by atoms with van der Waals surface area (Å²) in [5.74, 6) is 0.967. The molecule has 0 aliphatic carbocycles. The third-order valence-corrected chi connectivity index (χ3v) is 5.00. The molecular formula is C19H29BN4O2. The molecule has 0 saturated carbocycles. The SMILES string of the molecule is [B]c1cccc(N2CCC(N3CCC(NC(=O)OC(C)(C)C)C3)CC2)n1. The number of ether oxygens (including phenoxy) is 1. The van der Waals surface area contributed by atoms with Crippen LogP contribution in [-0.4, -0.2) is 67.7 Å². The Kier molecular flexibility index (Phi) is 5.75. The maximum Gasteiger partial charge on any atom is 0.407 e. The second kappa shape index (κ2) is 7.86.